The second-order valence-corrected chi connectivity index (χ2v) is 7.16. The Kier molecular flexibility index (Phi) is 7.03. The number of hydrogen-bond acceptors (Lipinski definition) is 5. The van der Waals surface area contributed by atoms with Crippen molar-refractivity contribution in [1.82, 2.24) is 10.9 Å². The first kappa shape index (κ1) is 21.0. The van der Waals surface area contributed by atoms with E-state index in [2.05, 4.69) is 57.5 Å². The van der Waals surface area contributed by atoms with Gasteiger partial charge in [0, 0.05) is 11.1 Å². The summed E-state index contributed by atoms with van der Waals surface area (Å²) in [6.07, 6.45) is 2.90. The van der Waals surface area contributed by atoms with Crippen LogP contribution in [-0.4, -0.2) is 18.7 Å². The molecule has 0 aromatic heterocycles. The van der Waals surface area contributed by atoms with Gasteiger partial charge in [0.2, 0.25) is 0 Å². The molecule has 0 heterocycles. The van der Waals surface area contributed by atoms with E-state index in [9.17, 15) is 0 Å². The maximum Gasteiger partial charge on any atom is 0.180 e. The van der Waals surface area contributed by atoms with Gasteiger partial charge >= 0.3 is 0 Å². The summed E-state index contributed by atoms with van der Waals surface area (Å²) < 4.78 is 0. The molecule has 0 saturated carbocycles. The van der Waals surface area contributed by atoms with Crippen molar-refractivity contribution < 1.29 is 0 Å². The van der Waals surface area contributed by atoms with E-state index in [1.54, 1.807) is 12.4 Å². The van der Waals surface area contributed by atoms with E-state index >= 15 is 0 Å². The zero-order valence-electron chi connectivity index (χ0n) is 17.6. The summed E-state index contributed by atoms with van der Waals surface area (Å²) in [5.41, 5.74) is 18.3. The SMILES string of the molecule is NC(N/N=C/c1ccccc1-c1ccccc1)N/N=C/c1ccccc1-c1ccccc1. The summed E-state index contributed by atoms with van der Waals surface area (Å²) in [6.45, 7) is 0. The first-order chi connectivity index (χ1) is 15.8. The van der Waals surface area contributed by atoms with Crippen LogP contribution in [-0.2, 0) is 0 Å². The Labute approximate surface area is 188 Å². The first-order valence-electron chi connectivity index (χ1n) is 10.4. The zero-order valence-corrected chi connectivity index (χ0v) is 17.6. The maximum absolute atomic E-state index is 6.05. The molecule has 4 N–H and O–H groups in total. The Bertz CT molecular complexity index is 1090. The molecule has 4 aromatic carbocycles. The summed E-state index contributed by atoms with van der Waals surface area (Å²) in [7, 11) is 0. The van der Waals surface area contributed by atoms with Crippen LogP contribution >= 0.6 is 0 Å². The third kappa shape index (κ3) is 5.47. The van der Waals surface area contributed by atoms with Crippen LogP contribution in [0.15, 0.2) is 119 Å². The highest BCUT2D eigenvalue weighted by Crippen LogP contribution is 2.23. The molecule has 0 aliphatic heterocycles. The molecule has 5 heteroatoms. The van der Waals surface area contributed by atoms with Gasteiger partial charge in [-0.05, 0) is 22.3 Å². The molecule has 4 aromatic rings. The fourth-order valence-electron chi connectivity index (χ4n) is 3.38. The van der Waals surface area contributed by atoms with E-state index in [4.69, 9.17) is 5.73 Å². The van der Waals surface area contributed by atoms with Crippen molar-refractivity contribution in [3.8, 4) is 22.3 Å². The Morgan fingerprint density at radius 2 is 0.906 bits per heavy atom. The second kappa shape index (κ2) is 10.7. The number of nitrogens with zero attached hydrogens (tertiary/aromatic N) is 2. The van der Waals surface area contributed by atoms with E-state index in [-0.39, 0.29) is 0 Å². The lowest BCUT2D eigenvalue weighted by atomic mass is 10.0. The number of hydrazone groups is 2. The molecule has 0 spiro atoms. The van der Waals surface area contributed by atoms with Crippen molar-refractivity contribution >= 4 is 12.4 Å². The molecule has 158 valence electrons. The van der Waals surface area contributed by atoms with Gasteiger partial charge in [-0.3, -0.25) is 16.6 Å². The summed E-state index contributed by atoms with van der Waals surface area (Å²) in [4.78, 5) is 0. The average Bonchev–Trinajstić information content (AvgIpc) is 2.86. The average molecular weight is 420 g/mol. The number of benzene rings is 4. The molecule has 5 nitrogen and oxygen atoms in total. The molecule has 0 aliphatic carbocycles. The Morgan fingerprint density at radius 3 is 1.34 bits per heavy atom. The van der Waals surface area contributed by atoms with Crippen LogP contribution < -0.4 is 16.6 Å². The monoisotopic (exact) mass is 419 g/mol. The lowest BCUT2D eigenvalue weighted by molar-refractivity contribution is 0.464. The highest BCUT2D eigenvalue weighted by atomic mass is 15.5. The Balaban J connectivity index is 1.38. The summed E-state index contributed by atoms with van der Waals surface area (Å²) in [6, 6.07) is 36.6. The summed E-state index contributed by atoms with van der Waals surface area (Å²) in [5, 5.41) is 8.56. The largest absolute Gasteiger partial charge is 0.292 e. The maximum atomic E-state index is 6.05. The molecule has 0 atom stereocenters. The fourth-order valence-corrected chi connectivity index (χ4v) is 3.38. The summed E-state index contributed by atoms with van der Waals surface area (Å²) in [5.74, 6) is 0. The Morgan fingerprint density at radius 1 is 0.531 bits per heavy atom. The number of nitrogens with one attached hydrogen (secondary N) is 2. The molecular formula is C27H25N5. The minimum atomic E-state index is -0.629. The predicted molar refractivity (Wildman–Crippen MR) is 133 cm³/mol. The van der Waals surface area contributed by atoms with Crippen LogP contribution in [0.1, 0.15) is 11.1 Å². The van der Waals surface area contributed by atoms with Crippen LogP contribution in [0.4, 0.5) is 0 Å². The van der Waals surface area contributed by atoms with Crippen LogP contribution in [0.3, 0.4) is 0 Å². The molecule has 4 rings (SSSR count). The van der Waals surface area contributed by atoms with Gasteiger partial charge in [0.05, 0.1) is 12.4 Å². The normalized spacial score (nSPS) is 11.3. The third-order valence-corrected chi connectivity index (χ3v) is 4.93. The van der Waals surface area contributed by atoms with Crippen molar-refractivity contribution in [2.45, 2.75) is 6.29 Å². The predicted octanol–water partition coefficient (Wildman–Crippen LogP) is 4.81. The quantitative estimate of drug-likeness (QED) is 0.218. The van der Waals surface area contributed by atoms with Gasteiger partial charge in [-0.15, -0.1) is 0 Å². The fraction of sp³-hybridized carbons (Fsp3) is 0.0370. The van der Waals surface area contributed by atoms with Gasteiger partial charge in [0.25, 0.3) is 0 Å². The van der Waals surface area contributed by atoms with Crippen LogP contribution in [0.25, 0.3) is 22.3 Å². The molecule has 0 fully saturated rings. The lowest BCUT2D eigenvalue weighted by Gasteiger charge is -2.11. The molecular weight excluding hydrogens is 394 g/mol. The van der Waals surface area contributed by atoms with E-state index in [1.165, 1.54) is 0 Å². The van der Waals surface area contributed by atoms with E-state index in [1.807, 2.05) is 72.8 Å². The topological polar surface area (TPSA) is 74.8 Å². The molecule has 0 saturated heterocycles. The van der Waals surface area contributed by atoms with Crippen LogP contribution in [0.2, 0.25) is 0 Å². The van der Waals surface area contributed by atoms with E-state index in [0.29, 0.717) is 0 Å². The van der Waals surface area contributed by atoms with Gasteiger partial charge in [-0.25, -0.2) is 0 Å². The molecule has 32 heavy (non-hydrogen) atoms. The summed E-state index contributed by atoms with van der Waals surface area (Å²) >= 11 is 0. The molecule has 0 radical (unpaired) electrons. The van der Waals surface area contributed by atoms with Gasteiger partial charge in [-0.1, -0.05) is 109 Å². The van der Waals surface area contributed by atoms with Gasteiger partial charge in [0.15, 0.2) is 6.29 Å². The smallest absolute Gasteiger partial charge is 0.180 e. The van der Waals surface area contributed by atoms with Crippen molar-refractivity contribution in [1.29, 1.82) is 0 Å². The van der Waals surface area contributed by atoms with Crippen molar-refractivity contribution in [3.63, 3.8) is 0 Å². The molecule has 0 aliphatic rings. The van der Waals surface area contributed by atoms with Crippen LogP contribution in [0, 0.1) is 0 Å². The van der Waals surface area contributed by atoms with Crippen LogP contribution in [0.5, 0.6) is 0 Å². The van der Waals surface area contributed by atoms with Crippen molar-refractivity contribution in [3.05, 3.63) is 120 Å². The molecule has 0 bridgehead atoms. The zero-order chi connectivity index (χ0) is 22.0. The van der Waals surface area contributed by atoms with E-state index < -0.39 is 6.29 Å². The molecule has 0 unspecified atom stereocenters. The first-order valence-corrected chi connectivity index (χ1v) is 10.4. The lowest BCUT2D eigenvalue weighted by Crippen LogP contribution is -2.44. The second-order valence-electron chi connectivity index (χ2n) is 7.16. The highest BCUT2D eigenvalue weighted by Gasteiger charge is 2.03. The minimum Gasteiger partial charge on any atom is -0.292 e. The number of nitrogens with two attached hydrogens (primary N) is 1. The van der Waals surface area contributed by atoms with Gasteiger partial charge in [-0.2, -0.15) is 10.2 Å². The van der Waals surface area contributed by atoms with Crippen molar-refractivity contribution in [2.24, 2.45) is 15.9 Å². The number of rotatable bonds is 8. The molecule has 0 amide bonds. The number of hydrogen-bond donors (Lipinski definition) is 3. The van der Waals surface area contributed by atoms with Gasteiger partial charge in [0.1, 0.15) is 0 Å². The van der Waals surface area contributed by atoms with E-state index in [0.717, 1.165) is 33.4 Å². The standard InChI is InChI=1S/C27H25N5/c28-27(31-29-19-23-15-7-9-17-25(23)21-11-3-1-4-12-21)32-30-20-24-16-8-10-18-26(24)22-13-5-2-6-14-22/h1-20,27,31-32H,28H2/b29-19+,30-20+. The van der Waals surface area contributed by atoms with Crippen molar-refractivity contribution in [2.75, 3.05) is 0 Å². The van der Waals surface area contributed by atoms with Gasteiger partial charge < -0.3 is 0 Å². The minimum absolute atomic E-state index is 0.629. The highest BCUT2D eigenvalue weighted by molar-refractivity contribution is 5.91. The third-order valence-electron chi connectivity index (χ3n) is 4.93. The Hall–Kier alpha value is -4.22.